The lowest BCUT2D eigenvalue weighted by Gasteiger charge is -2.35. The molecule has 24 heavy (non-hydrogen) atoms. The third kappa shape index (κ3) is 3.41. The van der Waals surface area contributed by atoms with Crippen molar-refractivity contribution in [1.29, 1.82) is 5.26 Å². The minimum Gasteiger partial charge on any atom is -0.368 e. The quantitative estimate of drug-likeness (QED) is 0.671. The van der Waals surface area contributed by atoms with Crippen LogP contribution in [-0.2, 0) is 10.0 Å². The second-order valence-corrected chi connectivity index (χ2v) is 8.66. The Bertz CT molecular complexity index is 867. The van der Waals surface area contributed by atoms with Crippen molar-refractivity contribution in [3.05, 3.63) is 57.7 Å². The average Bonchev–Trinajstić information content (AvgIpc) is 2.62. The SMILES string of the molecule is N#Cc1ccccc1N1CCN(S(=O)(=O)c2ccc(I)cc2)CC1. The van der Waals surface area contributed by atoms with Gasteiger partial charge in [-0.05, 0) is 59.0 Å². The molecular formula is C17H16IN3O2S. The maximum atomic E-state index is 12.7. The Kier molecular flexibility index (Phi) is 5.08. The summed E-state index contributed by atoms with van der Waals surface area (Å²) in [7, 11) is -3.46. The van der Waals surface area contributed by atoms with Crippen LogP contribution in [-0.4, -0.2) is 38.9 Å². The van der Waals surface area contributed by atoms with Crippen LogP contribution in [0.2, 0.25) is 0 Å². The minimum atomic E-state index is -3.46. The van der Waals surface area contributed by atoms with Gasteiger partial charge in [0.25, 0.3) is 0 Å². The Morgan fingerprint density at radius 1 is 0.958 bits per heavy atom. The van der Waals surface area contributed by atoms with Crippen LogP contribution in [0.1, 0.15) is 5.56 Å². The molecule has 0 atom stereocenters. The number of benzene rings is 2. The molecule has 0 unspecified atom stereocenters. The molecule has 0 N–H and O–H groups in total. The molecule has 0 aromatic heterocycles. The first-order chi connectivity index (χ1) is 11.5. The Hall–Kier alpha value is -1.63. The predicted molar refractivity (Wildman–Crippen MR) is 101 cm³/mol. The third-order valence-corrected chi connectivity index (χ3v) is 6.69. The summed E-state index contributed by atoms with van der Waals surface area (Å²) in [6.45, 7) is 1.97. The second-order valence-electron chi connectivity index (χ2n) is 5.47. The van der Waals surface area contributed by atoms with Gasteiger partial charge in [0.2, 0.25) is 10.0 Å². The van der Waals surface area contributed by atoms with Gasteiger partial charge >= 0.3 is 0 Å². The summed E-state index contributed by atoms with van der Waals surface area (Å²) in [5, 5.41) is 9.22. The Labute approximate surface area is 155 Å². The zero-order chi connectivity index (χ0) is 17.2. The van der Waals surface area contributed by atoms with E-state index in [0.29, 0.717) is 36.6 Å². The zero-order valence-corrected chi connectivity index (χ0v) is 15.9. The van der Waals surface area contributed by atoms with Gasteiger partial charge in [-0.3, -0.25) is 0 Å². The van der Waals surface area contributed by atoms with E-state index >= 15 is 0 Å². The molecule has 2 aromatic carbocycles. The van der Waals surface area contributed by atoms with Crippen molar-refractivity contribution in [2.24, 2.45) is 0 Å². The van der Waals surface area contributed by atoms with E-state index in [2.05, 4.69) is 33.6 Å². The van der Waals surface area contributed by atoms with Crippen molar-refractivity contribution in [3.8, 4) is 6.07 Å². The van der Waals surface area contributed by atoms with Crippen molar-refractivity contribution >= 4 is 38.3 Å². The lowest BCUT2D eigenvalue weighted by atomic mass is 10.1. The molecule has 0 amide bonds. The molecule has 1 aliphatic rings. The zero-order valence-electron chi connectivity index (χ0n) is 12.9. The van der Waals surface area contributed by atoms with Crippen molar-refractivity contribution in [2.45, 2.75) is 4.90 Å². The first-order valence-electron chi connectivity index (χ1n) is 7.52. The number of piperazine rings is 1. The summed E-state index contributed by atoms with van der Waals surface area (Å²) in [5.41, 5.74) is 1.48. The number of hydrogen-bond acceptors (Lipinski definition) is 4. The number of sulfonamides is 1. The van der Waals surface area contributed by atoms with Crippen LogP contribution in [0.25, 0.3) is 0 Å². The molecule has 7 heteroatoms. The van der Waals surface area contributed by atoms with E-state index < -0.39 is 10.0 Å². The number of nitriles is 1. The summed E-state index contributed by atoms with van der Waals surface area (Å²) in [6, 6.07) is 16.5. The molecule has 0 bridgehead atoms. The van der Waals surface area contributed by atoms with E-state index in [-0.39, 0.29) is 0 Å². The fourth-order valence-corrected chi connectivity index (χ4v) is 4.55. The molecule has 0 saturated carbocycles. The lowest BCUT2D eigenvalue weighted by molar-refractivity contribution is 0.385. The second kappa shape index (κ2) is 7.09. The van der Waals surface area contributed by atoms with E-state index in [1.807, 2.05) is 18.2 Å². The molecular weight excluding hydrogens is 437 g/mol. The van der Waals surface area contributed by atoms with Gasteiger partial charge in [-0.15, -0.1) is 0 Å². The molecule has 1 fully saturated rings. The summed E-state index contributed by atoms with van der Waals surface area (Å²) < 4.78 is 28.0. The summed E-state index contributed by atoms with van der Waals surface area (Å²) in [4.78, 5) is 2.40. The third-order valence-electron chi connectivity index (χ3n) is 4.06. The topological polar surface area (TPSA) is 64.4 Å². The number of halogens is 1. The molecule has 0 radical (unpaired) electrons. The maximum Gasteiger partial charge on any atom is 0.243 e. The smallest absolute Gasteiger partial charge is 0.243 e. The largest absolute Gasteiger partial charge is 0.368 e. The van der Waals surface area contributed by atoms with Crippen LogP contribution in [0.4, 0.5) is 5.69 Å². The van der Waals surface area contributed by atoms with Crippen molar-refractivity contribution in [1.82, 2.24) is 4.31 Å². The molecule has 1 saturated heterocycles. The monoisotopic (exact) mass is 453 g/mol. The highest BCUT2D eigenvalue weighted by atomic mass is 127. The number of para-hydroxylation sites is 1. The fourth-order valence-electron chi connectivity index (χ4n) is 2.77. The highest BCUT2D eigenvalue weighted by molar-refractivity contribution is 14.1. The van der Waals surface area contributed by atoms with E-state index in [1.165, 1.54) is 4.31 Å². The van der Waals surface area contributed by atoms with Crippen molar-refractivity contribution < 1.29 is 8.42 Å². The summed E-state index contributed by atoms with van der Waals surface area (Å²) in [6.07, 6.45) is 0. The minimum absolute atomic E-state index is 0.328. The number of nitrogens with zero attached hydrogens (tertiary/aromatic N) is 3. The molecule has 2 aromatic rings. The van der Waals surface area contributed by atoms with Crippen molar-refractivity contribution in [3.63, 3.8) is 0 Å². The lowest BCUT2D eigenvalue weighted by Crippen LogP contribution is -2.48. The van der Waals surface area contributed by atoms with E-state index in [4.69, 9.17) is 0 Å². The van der Waals surface area contributed by atoms with E-state index in [1.54, 1.807) is 30.3 Å². The first kappa shape index (κ1) is 17.2. The number of rotatable bonds is 3. The number of hydrogen-bond donors (Lipinski definition) is 0. The van der Waals surface area contributed by atoms with Crippen LogP contribution in [0.3, 0.4) is 0 Å². The van der Waals surface area contributed by atoms with E-state index in [0.717, 1.165) is 9.26 Å². The maximum absolute atomic E-state index is 12.7. The summed E-state index contributed by atoms with van der Waals surface area (Å²) in [5.74, 6) is 0. The van der Waals surface area contributed by atoms with Crippen LogP contribution in [0.5, 0.6) is 0 Å². The van der Waals surface area contributed by atoms with Gasteiger partial charge in [-0.2, -0.15) is 9.57 Å². The Balaban J connectivity index is 1.75. The van der Waals surface area contributed by atoms with Crippen LogP contribution in [0, 0.1) is 14.9 Å². The van der Waals surface area contributed by atoms with Gasteiger partial charge in [-0.1, -0.05) is 12.1 Å². The van der Waals surface area contributed by atoms with Gasteiger partial charge < -0.3 is 4.90 Å². The normalized spacial score (nSPS) is 15.9. The Morgan fingerprint density at radius 3 is 2.21 bits per heavy atom. The van der Waals surface area contributed by atoms with Gasteiger partial charge in [0.15, 0.2) is 0 Å². The van der Waals surface area contributed by atoms with Gasteiger partial charge in [0.05, 0.1) is 16.1 Å². The number of anilines is 1. The van der Waals surface area contributed by atoms with Gasteiger partial charge in [0, 0.05) is 29.7 Å². The highest BCUT2D eigenvalue weighted by Crippen LogP contribution is 2.24. The molecule has 0 spiro atoms. The molecule has 1 heterocycles. The van der Waals surface area contributed by atoms with Gasteiger partial charge in [0.1, 0.15) is 6.07 Å². The molecule has 0 aliphatic carbocycles. The molecule has 124 valence electrons. The van der Waals surface area contributed by atoms with Crippen LogP contribution >= 0.6 is 22.6 Å². The first-order valence-corrected chi connectivity index (χ1v) is 10.0. The van der Waals surface area contributed by atoms with Gasteiger partial charge in [-0.25, -0.2) is 8.42 Å². The Morgan fingerprint density at radius 2 is 1.58 bits per heavy atom. The van der Waals surface area contributed by atoms with E-state index in [9.17, 15) is 13.7 Å². The fraction of sp³-hybridized carbons (Fsp3) is 0.235. The van der Waals surface area contributed by atoms with Crippen LogP contribution in [0.15, 0.2) is 53.4 Å². The predicted octanol–water partition coefficient (Wildman–Crippen LogP) is 2.67. The molecule has 3 rings (SSSR count). The van der Waals surface area contributed by atoms with Crippen molar-refractivity contribution in [2.75, 3.05) is 31.1 Å². The highest BCUT2D eigenvalue weighted by Gasteiger charge is 2.29. The van der Waals surface area contributed by atoms with Crippen LogP contribution < -0.4 is 4.90 Å². The molecule has 5 nitrogen and oxygen atoms in total. The molecule has 1 aliphatic heterocycles. The standard InChI is InChI=1S/C17H16IN3O2S/c18-15-5-7-16(8-6-15)24(22,23)21-11-9-20(10-12-21)17-4-2-1-3-14(17)13-19/h1-8H,9-12H2. The average molecular weight is 453 g/mol. The summed E-state index contributed by atoms with van der Waals surface area (Å²) >= 11 is 2.15.